The molecule has 1 aromatic carbocycles. The van der Waals surface area contributed by atoms with Crippen molar-refractivity contribution in [2.24, 2.45) is 0 Å². The van der Waals surface area contributed by atoms with Gasteiger partial charge >= 0.3 is 6.09 Å². The zero-order chi connectivity index (χ0) is 17.8. The van der Waals surface area contributed by atoms with E-state index in [2.05, 4.69) is 10.6 Å². The Labute approximate surface area is 137 Å². The van der Waals surface area contributed by atoms with Crippen LogP contribution in [-0.4, -0.2) is 28.9 Å². The Balaban J connectivity index is 2.61. The van der Waals surface area contributed by atoms with E-state index >= 15 is 0 Å². The van der Waals surface area contributed by atoms with Crippen LogP contribution in [-0.2, 0) is 4.74 Å². The number of ether oxygens (including phenoxy) is 1. The lowest BCUT2D eigenvalue weighted by molar-refractivity contribution is 0.0471. The molecule has 0 saturated carbocycles. The lowest BCUT2D eigenvalue weighted by atomic mass is 10.0. The molecule has 6 heteroatoms. The molecule has 0 bridgehead atoms. The van der Waals surface area contributed by atoms with Crippen LogP contribution in [0, 0.1) is 5.82 Å². The minimum Gasteiger partial charge on any atom is -0.508 e. The summed E-state index contributed by atoms with van der Waals surface area (Å²) in [5, 5.41) is 15.8. The highest BCUT2D eigenvalue weighted by molar-refractivity contribution is 5.68. The van der Waals surface area contributed by atoms with Crippen molar-refractivity contribution >= 4 is 6.09 Å². The standard InChI is InChI=1S/C17H27FN2O3/c1-11(13-9-12(18)7-8-14(13)21)19-10-17(5,6)20-15(22)23-16(2,3)4/h7-9,11,19,21H,10H2,1-6H3,(H,20,22). The van der Waals surface area contributed by atoms with Gasteiger partial charge in [-0.25, -0.2) is 9.18 Å². The second-order valence-corrected chi connectivity index (χ2v) is 7.32. The third-order valence-corrected chi connectivity index (χ3v) is 3.15. The molecule has 23 heavy (non-hydrogen) atoms. The van der Waals surface area contributed by atoms with Crippen LogP contribution in [0.15, 0.2) is 18.2 Å². The number of alkyl carbamates (subject to hydrolysis) is 1. The summed E-state index contributed by atoms with van der Waals surface area (Å²) in [4.78, 5) is 11.8. The Morgan fingerprint density at radius 3 is 2.48 bits per heavy atom. The second kappa shape index (κ2) is 7.17. The molecule has 1 atom stereocenters. The van der Waals surface area contributed by atoms with Crippen LogP contribution in [0.5, 0.6) is 5.75 Å². The smallest absolute Gasteiger partial charge is 0.408 e. The lowest BCUT2D eigenvalue weighted by Crippen LogP contribution is -2.51. The van der Waals surface area contributed by atoms with Crippen molar-refractivity contribution in [3.05, 3.63) is 29.6 Å². The van der Waals surface area contributed by atoms with Crippen molar-refractivity contribution in [1.82, 2.24) is 10.6 Å². The molecule has 0 saturated heterocycles. The number of benzene rings is 1. The highest BCUT2D eigenvalue weighted by atomic mass is 19.1. The molecular weight excluding hydrogens is 299 g/mol. The maximum absolute atomic E-state index is 13.3. The first-order valence-electron chi connectivity index (χ1n) is 7.62. The topological polar surface area (TPSA) is 70.6 Å². The van der Waals surface area contributed by atoms with Crippen molar-refractivity contribution in [3.8, 4) is 5.75 Å². The van der Waals surface area contributed by atoms with E-state index < -0.39 is 23.1 Å². The second-order valence-electron chi connectivity index (χ2n) is 7.32. The Kier molecular flexibility index (Phi) is 5.99. The molecule has 0 fully saturated rings. The largest absolute Gasteiger partial charge is 0.508 e. The molecule has 1 rings (SSSR count). The van der Waals surface area contributed by atoms with E-state index in [0.29, 0.717) is 12.1 Å². The molecule has 5 nitrogen and oxygen atoms in total. The summed E-state index contributed by atoms with van der Waals surface area (Å²) in [6, 6.07) is 3.55. The third-order valence-electron chi connectivity index (χ3n) is 3.15. The number of aromatic hydroxyl groups is 1. The Morgan fingerprint density at radius 2 is 1.91 bits per heavy atom. The van der Waals surface area contributed by atoms with Crippen LogP contribution in [0.25, 0.3) is 0 Å². The van der Waals surface area contributed by atoms with Gasteiger partial charge in [-0.15, -0.1) is 0 Å². The summed E-state index contributed by atoms with van der Waals surface area (Å²) in [6.07, 6.45) is -0.495. The molecule has 1 aromatic rings. The fraction of sp³-hybridized carbons (Fsp3) is 0.588. The molecule has 1 amide bonds. The van der Waals surface area contributed by atoms with Gasteiger partial charge in [0.2, 0.25) is 0 Å². The van der Waals surface area contributed by atoms with Gasteiger partial charge in [0, 0.05) is 18.2 Å². The molecule has 0 aliphatic rings. The number of phenols is 1. The molecule has 0 heterocycles. The van der Waals surface area contributed by atoms with Crippen molar-refractivity contribution in [1.29, 1.82) is 0 Å². The monoisotopic (exact) mass is 326 g/mol. The Hall–Kier alpha value is -1.82. The molecule has 0 spiro atoms. The first kappa shape index (κ1) is 19.2. The molecule has 130 valence electrons. The van der Waals surface area contributed by atoms with Crippen LogP contribution >= 0.6 is 0 Å². The van der Waals surface area contributed by atoms with Crippen LogP contribution in [0.3, 0.4) is 0 Å². The van der Waals surface area contributed by atoms with Gasteiger partial charge in [-0.2, -0.15) is 0 Å². The van der Waals surface area contributed by atoms with Gasteiger partial charge in [-0.3, -0.25) is 0 Å². The predicted molar refractivity (Wildman–Crippen MR) is 87.9 cm³/mol. The molecule has 1 unspecified atom stereocenters. The van der Waals surface area contributed by atoms with E-state index in [1.165, 1.54) is 18.2 Å². The van der Waals surface area contributed by atoms with Gasteiger partial charge in [0.15, 0.2) is 0 Å². The number of hydrogen-bond acceptors (Lipinski definition) is 4. The van der Waals surface area contributed by atoms with Crippen molar-refractivity contribution in [2.75, 3.05) is 6.54 Å². The minimum atomic E-state index is -0.570. The maximum Gasteiger partial charge on any atom is 0.408 e. The number of rotatable bonds is 5. The number of amides is 1. The first-order valence-corrected chi connectivity index (χ1v) is 7.62. The number of carbonyl (C=O) groups excluding carboxylic acids is 1. The van der Waals surface area contributed by atoms with Gasteiger partial charge in [0.1, 0.15) is 17.2 Å². The van der Waals surface area contributed by atoms with Crippen LogP contribution in [0.1, 0.15) is 53.1 Å². The summed E-state index contributed by atoms with van der Waals surface area (Å²) in [7, 11) is 0. The molecule has 0 radical (unpaired) electrons. The molecule has 0 aliphatic carbocycles. The summed E-state index contributed by atoms with van der Waals surface area (Å²) < 4.78 is 18.5. The van der Waals surface area contributed by atoms with E-state index in [1.54, 1.807) is 20.8 Å². The highest BCUT2D eigenvalue weighted by Gasteiger charge is 2.25. The fourth-order valence-corrected chi connectivity index (χ4v) is 2.01. The van der Waals surface area contributed by atoms with Crippen molar-refractivity contribution in [2.45, 2.75) is 58.7 Å². The van der Waals surface area contributed by atoms with Crippen LogP contribution in [0.4, 0.5) is 9.18 Å². The molecule has 0 aliphatic heterocycles. The average molecular weight is 326 g/mol. The lowest BCUT2D eigenvalue weighted by Gasteiger charge is -2.30. The number of halogens is 1. The van der Waals surface area contributed by atoms with Gasteiger partial charge in [-0.05, 0) is 59.7 Å². The van der Waals surface area contributed by atoms with Crippen molar-refractivity contribution < 1.29 is 19.0 Å². The van der Waals surface area contributed by atoms with Gasteiger partial charge in [-0.1, -0.05) is 0 Å². The predicted octanol–water partition coefficient (Wildman–Crippen LogP) is 3.49. The number of phenolic OH excluding ortho intramolecular Hbond substituents is 1. The average Bonchev–Trinajstić information content (AvgIpc) is 2.36. The summed E-state index contributed by atoms with van der Waals surface area (Å²) in [5.74, 6) is -0.373. The van der Waals surface area contributed by atoms with E-state index in [0.717, 1.165) is 0 Å². The van der Waals surface area contributed by atoms with Crippen LogP contribution < -0.4 is 10.6 Å². The molecule has 0 aromatic heterocycles. The fourth-order valence-electron chi connectivity index (χ4n) is 2.01. The first-order chi connectivity index (χ1) is 10.4. The van der Waals surface area contributed by atoms with E-state index in [-0.39, 0.29) is 11.8 Å². The molecule has 3 N–H and O–H groups in total. The number of carbonyl (C=O) groups is 1. The van der Waals surface area contributed by atoms with Gasteiger partial charge in [0.05, 0.1) is 5.54 Å². The normalized spacial score (nSPS) is 13.5. The Bertz CT molecular complexity index is 553. The van der Waals surface area contributed by atoms with E-state index in [4.69, 9.17) is 4.74 Å². The SMILES string of the molecule is CC(NCC(C)(C)NC(=O)OC(C)(C)C)c1cc(F)ccc1O. The van der Waals surface area contributed by atoms with Crippen molar-refractivity contribution in [3.63, 3.8) is 0 Å². The van der Waals surface area contributed by atoms with Gasteiger partial charge in [0.25, 0.3) is 0 Å². The summed E-state index contributed by atoms with van der Waals surface area (Å²) in [5.41, 5.74) is -0.661. The van der Waals surface area contributed by atoms with Crippen LogP contribution in [0.2, 0.25) is 0 Å². The maximum atomic E-state index is 13.3. The zero-order valence-electron chi connectivity index (χ0n) is 14.7. The Morgan fingerprint density at radius 1 is 1.30 bits per heavy atom. The quantitative estimate of drug-likeness (QED) is 0.775. The number of nitrogens with one attached hydrogen (secondary N) is 2. The zero-order valence-corrected chi connectivity index (χ0v) is 14.7. The highest BCUT2D eigenvalue weighted by Crippen LogP contribution is 2.24. The van der Waals surface area contributed by atoms with E-state index in [1.807, 2.05) is 20.8 Å². The van der Waals surface area contributed by atoms with Gasteiger partial charge < -0.3 is 20.5 Å². The third kappa shape index (κ3) is 6.86. The summed E-state index contributed by atoms with van der Waals surface area (Å²) >= 11 is 0. The van der Waals surface area contributed by atoms with E-state index in [9.17, 15) is 14.3 Å². The minimum absolute atomic E-state index is 0.0318. The molecular formula is C17H27FN2O3. The number of hydrogen-bond donors (Lipinski definition) is 3. The summed E-state index contributed by atoms with van der Waals surface area (Å²) in [6.45, 7) is 11.3.